The molecule has 0 aliphatic carbocycles. The minimum Gasteiger partial charge on any atom is -0.351 e. The number of carbonyl (C=O) groups is 1. The Morgan fingerprint density at radius 1 is 1.23 bits per heavy atom. The number of pyridine rings is 1. The van der Waals surface area contributed by atoms with Crippen LogP contribution in [0.5, 0.6) is 0 Å². The molecule has 1 aliphatic heterocycles. The first-order valence-electron chi connectivity index (χ1n) is 7.18. The van der Waals surface area contributed by atoms with Crippen LogP contribution in [-0.4, -0.2) is 23.5 Å². The van der Waals surface area contributed by atoms with Crippen molar-refractivity contribution in [3.8, 4) is 0 Å². The Bertz CT molecular complexity index is 610. The second kappa shape index (κ2) is 8.93. The van der Waals surface area contributed by atoms with E-state index in [4.69, 9.17) is 0 Å². The van der Waals surface area contributed by atoms with Crippen LogP contribution in [0.15, 0.2) is 36.5 Å². The average molecular weight is 342 g/mol. The monoisotopic (exact) mass is 341 g/mol. The van der Waals surface area contributed by atoms with Crippen molar-refractivity contribution in [1.29, 1.82) is 0 Å². The zero-order chi connectivity index (χ0) is 13.8. The normalized spacial score (nSPS) is 17.2. The van der Waals surface area contributed by atoms with Crippen LogP contribution in [0.3, 0.4) is 0 Å². The van der Waals surface area contributed by atoms with E-state index in [1.807, 2.05) is 30.3 Å². The molecule has 0 radical (unpaired) electrons. The lowest BCUT2D eigenvalue weighted by Gasteiger charge is -2.22. The molecular formula is C16H21Cl2N3O. The molecule has 1 aromatic heterocycles. The highest BCUT2D eigenvalue weighted by molar-refractivity contribution is 5.86. The number of benzene rings is 1. The molecule has 2 N–H and O–H groups in total. The summed E-state index contributed by atoms with van der Waals surface area (Å²) in [4.78, 5) is 16.5. The smallest absolute Gasteiger partial charge is 0.237 e. The summed E-state index contributed by atoms with van der Waals surface area (Å²) >= 11 is 0. The average Bonchev–Trinajstić information content (AvgIpc) is 2.53. The van der Waals surface area contributed by atoms with E-state index in [9.17, 15) is 4.79 Å². The van der Waals surface area contributed by atoms with Gasteiger partial charge in [-0.2, -0.15) is 0 Å². The molecule has 4 nitrogen and oxygen atoms in total. The maximum Gasteiger partial charge on any atom is 0.237 e. The van der Waals surface area contributed by atoms with Gasteiger partial charge in [0.15, 0.2) is 0 Å². The quantitative estimate of drug-likeness (QED) is 0.902. The van der Waals surface area contributed by atoms with Gasteiger partial charge >= 0.3 is 0 Å². The second-order valence-corrected chi connectivity index (χ2v) is 5.21. The van der Waals surface area contributed by atoms with Crippen molar-refractivity contribution in [3.63, 3.8) is 0 Å². The van der Waals surface area contributed by atoms with Crippen LogP contribution in [0.4, 0.5) is 0 Å². The fourth-order valence-electron chi connectivity index (χ4n) is 2.69. The predicted molar refractivity (Wildman–Crippen MR) is 93.7 cm³/mol. The molecule has 0 spiro atoms. The molecule has 6 heteroatoms. The van der Waals surface area contributed by atoms with Gasteiger partial charge in [0.05, 0.1) is 11.6 Å². The minimum atomic E-state index is -0.0355. The van der Waals surface area contributed by atoms with E-state index >= 15 is 0 Å². The fraction of sp³-hybridized carbons (Fsp3) is 0.375. The van der Waals surface area contributed by atoms with E-state index in [1.165, 1.54) is 0 Å². The summed E-state index contributed by atoms with van der Waals surface area (Å²) < 4.78 is 0. The molecule has 2 heterocycles. The highest BCUT2D eigenvalue weighted by Crippen LogP contribution is 2.15. The largest absolute Gasteiger partial charge is 0.351 e. The molecule has 0 unspecified atom stereocenters. The van der Waals surface area contributed by atoms with Crippen molar-refractivity contribution in [2.45, 2.75) is 31.8 Å². The second-order valence-electron chi connectivity index (χ2n) is 5.21. The molecule has 22 heavy (non-hydrogen) atoms. The Hall–Kier alpha value is -1.36. The number of aromatic nitrogens is 1. The Morgan fingerprint density at radius 2 is 2.05 bits per heavy atom. The highest BCUT2D eigenvalue weighted by Gasteiger charge is 2.20. The molecular weight excluding hydrogens is 321 g/mol. The topological polar surface area (TPSA) is 54.0 Å². The molecule has 1 fully saturated rings. The number of nitrogens with one attached hydrogen (secondary N) is 2. The van der Waals surface area contributed by atoms with Crippen LogP contribution in [0.2, 0.25) is 0 Å². The first kappa shape index (κ1) is 18.7. The number of carbonyl (C=O) groups excluding carboxylic acids is 1. The van der Waals surface area contributed by atoms with Crippen LogP contribution in [0.1, 0.15) is 24.8 Å². The Kier molecular flexibility index (Phi) is 7.59. The first-order chi connectivity index (χ1) is 9.84. The standard InChI is InChI=1S/C16H19N3O.2ClH/c20-16(14-8-1-2-9-17-14)19-11-13-6-3-5-12-7-4-10-18-15(12)13;;/h3-7,10,14,17H,1-2,8-9,11H2,(H,19,20);2*1H/t14-;;/m0../s1. The van der Waals surface area contributed by atoms with Gasteiger partial charge in [-0.1, -0.05) is 30.7 Å². The Labute approximate surface area is 142 Å². The van der Waals surface area contributed by atoms with Gasteiger partial charge in [-0.3, -0.25) is 9.78 Å². The van der Waals surface area contributed by atoms with Gasteiger partial charge < -0.3 is 10.6 Å². The summed E-state index contributed by atoms with van der Waals surface area (Å²) in [6.45, 7) is 1.47. The zero-order valence-corrected chi connectivity index (χ0v) is 13.9. The Morgan fingerprint density at radius 3 is 2.82 bits per heavy atom. The first-order valence-corrected chi connectivity index (χ1v) is 7.18. The Balaban J connectivity index is 0.00000121. The highest BCUT2D eigenvalue weighted by atomic mass is 35.5. The van der Waals surface area contributed by atoms with E-state index in [0.717, 1.165) is 42.3 Å². The number of hydrogen-bond donors (Lipinski definition) is 2. The van der Waals surface area contributed by atoms with Crippen LogP contribution >= 0.6 is 24.8 Å². The van der Waals surface area contributed by atoms with Crippen molar-refractivity contribution < 1.29 is 4.79 Å². The van der Waals surface area contributed by atoms with Gasteiger partial charge in [-0.25, -0.2) is 0 Å². The molecule has 0 saturated carbocycles. The summed E-state index contributed by atoms with van der Waals surface area (Å²) in [7, 11) is 0. The van der Waals surface area contributed by atoms with Crippen molar-refractivity contribution in [2.24, 2.45) is 0 Å². The number of rotatable bonds is 3. The molecule has 1 aromatic carbocycles. The molecule has 1 atom stereocenters. The lowest BCUT2D eigenvalue weighted by Crippen LogP contribution is -2.46. The fourth-order valence-corrected chi connectivity index (χ4v) is 2.69. The van der Waals surface area contributed by atoms with E-state index in [1.54, 1.807) is 6.20 Å². The molecule has 2 aromatic rings. The minimum absolute atomic E-state index is 0. The zero-order valence-electron chi connectivity index (χ0n) is 12.2. The molecule has 0 bridgehead atoms. The third-order valence-electron chi connectivity index (χ3n) is 3.80. The van der Waals surface area contributed by atoms with Gasteiger partial charge in [-0.05, 0) is 31.0 Å². The van der Waals surface area contributed by atoms with Crippen molar-refractivity contribution >= 4 is 41.6 Å². The van der Waals surface area contributed by atoms with E-state index in [-0.39, 0.29) is 36.8 Å². The third-order valence-corrected chi connectivity index (χ3v) is 3.80. The van der Waals surface area contributed by atoms with E-state index in [2.05, 4.69) is 15.6 Å². The number of piperidine rings is 1. The molecule has 1 saturated heterocycles. The maximum absolute atomic E-state index is 12.1. The van der Waals surface area contributed by atoms with Crippen LogP contribution in [-0.2, 0) is 11.3 Å². The SMILES string of the molecule is Cl.Cl.O=C(NCc1cccc2cccnc12)[C@@H]1CCCCN1. The number of fused-ring (bicyclic) bond motifs is 1. The van der Waals surface area contributed by atoms with Crippen LogP contribution < -0.4 is 10.6 Å². The summed E-state index contributed by atoms with van der Waals surface area (Å²) in [5.41, 5.74) is 2.03. The molecule has 1 amide bonds. The summed E-state index contributed by atoms with van der Waals surface area (Å²) in [5.74, 6) is 0.0950. The van der Waals surface area contributed by atoms with Gasteiger partial charge in [0, 0.05) is 18.1 Å². The van der Waals surface area contributed by atoms with Crippen molar-refractivity contribution in [3.05, 3.63) is 42.1 Å². The van der Waals surface area contributed by atoms with Crippen LogP contribution in [0, 0.1) is 0 Å². The summed E-state index contributed by atoms with van der Waals surface area (Å²) in [5, 5.41) is 7.39. The number of hydrogen-bond acceptors (Lipinski definition) is 3. The lowest BCUT2D eigenvalue weighted by atomic mass is 10.0. The summed E-state index contributed by atoms with van der Waals surface area (Å²) in [6, 6.07) is 9.99. The van der Waals surface area contributed by atoms with Crippen molar-refractivity contribution in [2.75, 3.05) is 6.54 Å². The maximum atomic E-state index is 12.1. The van der Waals surface area contributed by atoms with Gasteiger partial charge in [-0.15, -0.1) is 24.8 Å². The molecule has 1 aliphatic rings. The van der Waals surface area contributed by atoms with Crippen LogP contribution in [0.25, 0.3) is 10.9 Å². The molecule has 120 valence electrons. The van der Waals surface area contributed by atoms with Gasteiger partial charge in [0.25, 0.3) is 0 Å². The van der Waals surface area contributed by atoms with E-state index in [0.29, 0.717) is 6.54 Å². The lowest BCUT2D eigenvalue weighted by molar-refractivity contribution is -0.123. The molecule has 3 rings (SSSR count). The van der Waals surface area contributed by atoms with Crippen molar-refractivity contribution in [1.82, 2.24) is 15.6 Å². The van der Waals surface area contributed by atoms with Gasteiger partial charge in [0.2, 0.25) is 5.91 Å². The third kappa shape index (κ3) is 4.32. The van der Waals surface area contributed by atoms with Gasteiger partial charge in [0.1, 0.15) is 0 Å². The number of amides is 1. The number of halogens is 2. The predicted octanol–water partition coefficient (Wildman–Crippen LogP) is 2.84. The number of nitrogens with zero attached hydrogens (tertiary/aromatic N) is 1. The van der Waals surface area contributed by atoms with E-state index < -0.39 is 0 Å². The summed E-state index contributed by atoms with van der Waals surface area (Å²) in [6.07, 6.45) is 5.01. The number of para-hydroxylation sites is 1.